The van der Waals surface area contributed by atoms with E-state index in [1.807, 2.05) is 49.6 Å². The third-order valence-corrected chi connectivity index (χ3v) is 4.51. The highest BCUT2D eigenvalue weighted by atomic mass is 32.1. The van der Waals surface area contributed by atoms with Gasteiger partial charge in [0.15, 0.2) is 0 Å². The van der Waals surface area contributed by atoms with Crippen LogP contribution in [0.5, 0.6) is 0 Å². The van der Waals surface area contributed by atoms with Crippen molar-refractivity contribution in [3.05, 3.63) is 46.2 Å². The number of thiophene rings is 1. The Morgan fingerprint density at radius 3 is 2.91 bits per heavy atom. The molecule has 1 N–H and O–H groups in total. The highest BCUT2D eigenvalue weighted by Crippen LogP contribution is 2.27. The maximum Gasteiger partial charge on any atom is 0.326 e. The highest BCUT2D eigenvalue weighted by Gasteiger charge is 2.14. The molecule has 0 fully saturated rings. The second-order valence-electron chi connectivity index (χ2n) is 5.53. The van der Waals surface area contributed by atoms with E-state index in [-0.39, 0.29) is 11.7 Å². The summed E-state index contributed by atoms with van der Waals surface area (Å²) in [6.07, 6.45) is 0. The molecule has 0 saturated carbocycles. The lowest BCUT2D eigenvalue weighted by atomic mass is 10.2. The molecule has 0 aliphatic heterocycles. The standard InChI is InChI=1S/C16H14N4O2S/c1-9(2)20-12-6-5-10(8-11(12)17-16(20)21)14-18-15(22-19-14)13-4-3-7-23-13/h3-9H,1-2H3,(H,17,21). The minimum atomic E-state index is -0.112. The zero-order valence-corrected chi connectivity index (χ0v) is 13.4. The number of fused-ring (bicyclic) bond motifs is 1. The molecule has 116 valence electrons. The maximum absolute atomic E-state index is 12.0. The van der Waals surface area contributed by atoms with Crippen LogP contribution in [0.25, 0.3) is 33.2 Å². The minimum Gasteiger partial charge on any atom is -0.333 e. The van der Waals surface area contributed by atoms with Gasteiger partial charge in [0.25, 0.3) is 5.89 Å². The summed E-state index contributed by atoms with van der Waals surface area (Å²) in [5.41, 5.74) is 2.33. The first-order chi connectivity index (χ1) is 11.1. The molecule has 3 aromatic heterocycles. The predicted molar refractivity (Wildman–Crippen MR) is 89.5 cm³/mol. The first-order valence-corrected chi connectivity index (χ1v) is 8.13. The Bertz CT molecular complexity index is 1020. The van der Waals surface area contributed by atoms with Crippen LogP contribution in [-0.4, -0.2) is 19.7 Å². The number of imidazole rings is 1. The molecular formula is C16H14N4O2S. The van der Waals surface area contributed by atoms with Gasteiger partial charge in [-0.2, -0.15) is 4.98 Å². The largest absolute Gasteiger partial charge is 0.333 e. The van der Waals surface area contributed by atoms with Gasteiger partial charge in [-0.25, -0.2) is 4.79 Å². The van der Waals surface area contributed by atoms with E-state index in [0.29, 0.717) is 11.7 Å². The molecule has 0 bridgehead atoms. The number of nitrogens with one attached hydrogen (secondary N) is 1. The summed E-state index contributed by atoms with van der Waals surface area (Å²) in [7, 11) is 0. The Morgan fingerprint density at radius 2 is 2.17 bits per heavy atom. The summed E-state index contributed by atoms with van der Waals surface area (Å²) < 4.78 is 7.04. The van der Waals surface area contributed by atoms with Crippen molar-refractivity contribution < 1.29 is 4.52 Å². The van der Waals surface area contributed by atoms with Crippen LogP contribution in [0.15, 0.2) is 45.0 Å². The van der Waals surface area contributed by atoms with Gasteiger partial charge in [-0.15, -0.1) is 11.3 Å². The van der Waals surface area contributed by atoms with Crippen LogP contribution in [0, 0.1) is 0 Å². The molecule has 0 amide bonds. The normalized spacial score (nSPS) is 11.6. The van der Waals surface area contributed by atoms with Crippen LogP contribution in [0.4, 0.5) is 0 Å². The number of benzene rings is 1. The molecule has 0 spiro atoms. The summed E-state index contributed by atoms with van der Waals surface area (Å²) in [5, 5.41) is 6.00. The van der Waals surface area contributed by atoms with Gasteiger partial charge in [-0.1, -0.05) is 11.2 Å². The van der Waals surface area contributed by atoms with Crippen molar-refractivity contribution in [2.45, 2.75) is 19.9 Å². The van der Waals surface area contributed by atoms with Gasteiger partial charge in [0.05, 0.1) is 15.9 Å². The number of aromatic nitrogens is 4. The molecule has 4 aromatic rings. The molecule has 0 aliphatic rings. The van der Waals surface area contributed by atoms with Gasteiger partial charge in [-0.3, -0.25) is 4.57 Å². The van der Waals surface area contributed by atoms with E-state index >= 15 is 0 Å². The summed E-state index contributed by atoms with van der Waals surface area (Å²) >= 11 is 1.55. The third kappa shape index (κ3) is 2.29. The molecule has 0 aliphatic carbocycles. The molecule has 4 rings (SSSR count). The van der Waals surface area contributed by atoms with Gasteiger partial charge >= 0.3 is 5.69 Å². The lowest BCUT2D eigenvalue weighted by Crippen LogP contribution is -2.18. The average Bonchev–Trinajstić information content (AvgIpc) is 3.24. The highest BCUT2D eigenvalue weighted by molar-refractivity contribution is 7.13. The van der Waals surface area contributed by atoms with Crippen molar-refractivity contribution in [1.29, 1.82) is 0 Å². The van der Waals surface area contributed by atoms with E-state index < -0.39 is 0 Å². The first-order valence-electron chi connectivity index (χ1n) is 7.25. The minimum absolute atomic E-state index is 0.0951. The zero-order chi connectivity index (χ0) is 16.0. The molecule has 23 heavy (non-hydrogen) atoms. The monoisotopic (exact) mass is 326 g/mol. The van der Waals surface area contributed by atoms with Crippen molar-refractivity contribution >= 4 is 22.4 Å². The van der Waals surface area contributed by atoms with E-state index in [1.165, 1.54) is 0 Å². The Kier molecular flexibility index (Phi) is 3.16. The molecule has 6 nitrogen and oxygen atoms in total. The van der Waals surface area contributed by atoms with Crippen LogP contribution in [0.3, 0.4) is 0 Å². The fraction of sp³-hybridized carbons (Fsp3) is 0.188. The van der Waals surface area contributed by atoms with E-state index in [1.54, 1.807) is 15.9 Å². The number of aromatic amines is 1. The van der Waals surface area contributed by atoms with E-state index in [0.717, 1.165) is 21.5 Å². The summed E-state index contributed by atoms with van der Waals surface area (Å²) in [4.78, 5) is 20.3. The van der Waals surface area contributed by atoms with Crippen LogP contribution >= 0.6 is 11.3 Å². The van der Waals surface area contributed by atoms with Crippen LogP contribution < -0.4 is 5.69 Å². The number of H-pyrrole nitrogens is 1. The number of hydrogen-bond acceptors (Lipinski definition) is 5. The second kappa shape index (κ2) is 5.20. The molecule has 0 atom stereocenters. The van der Waals surface area contributed by atoms with E-state index in [4.69, 9.17) is 4.52 Å². The lowest BCUT2D eigenvalue weighted by molar-refractivity contribution is 0.433. The fourth-order valence-electron chi connectivity index (χ4n) is 2.62. The van der Waals surface area contributed by atoms with Crippen molar-refractivity contribution in [1.82, 2.24) is 19.7 Å². The van der Waals surface area contributed by atoms with Crippen molar-refractivity contribution in [3.8, 4) is 22.2 Å². The van der Waals surface area contributed by atoms with Crippen LogP contribution in [0.1, 0.15) is 19.9 Å². The zero-order valence-electron chi connectivity index (χ0n) is 12.6. The molecule has 0 radical (unpaired) electrons. The second-order valence-corrected chi connectivity index (χ2v) is 6.47. The molecule has 0 saturated heterocycles. The Morgan fingerprint density at radius 1 is 1.30 bits per heavy atom. The van der Waals surface area contributed by atoms with Crippen LogP contribution in [-0.2, 0) is 0 Å². The predicted octanol–water partition coefficient (Wildman–Crippen LogP) is 3.69. The maximum atomic E-state index is 12.0. The molecule has 7 heteroatoms. The topological polar surface area (TPSA) is 76.7 Å². The average molecular weight is 326 g/mol. The quantitative estimate of drug-likeness (QED) is 0.623. The molecule has 0 unspecified atom stereocenters. The fourth-order valence-corrected chi connectivity index (χ4v) is 3.27. The van der Waals surface area contributed by atoms with Gasteiger partial charge in [0, 0.05) is 11.6 Å². The smallest absolute Gasteiger partial charge is 0.326 e. The van der Waals surface area contributed by atoms with Crippen molar-refractivity contribution in [2.24, 2.45) is 0 Å². The summed E-state index contributed by atoms with van der Waals surface area (Å²) in [6.45, 7) is 3.96. The SMILES string of the molecule is CC(C)n1c(=O)[nH]c2cc(-c3noc(-c4cccs4)n3)ccc21. The number of nitrogens with zero attached hydrogens (tertiary/aromatic N) is 3. The summed E-state index contributed by atoms with van der Waals surface area (Å²) in [5.74, 6) is 1.01. The van der Waals surface area contributed by atoms with Gasteiger partial charge < -0.3 is 9.51 Å². The van der Waals surface area contributed by atoms with Gasteiger partial charge in [0.2, 0.25) is 5.82 Å². The Hall–Kier alpha value is -2.67. The number of hydrogen-bond donors (Lipinski definition) is 1. The number of rotatable bonds is 3. The summed E-state index contributed by atoms with van der Waals surface area (Å²) in [6, 6.07) is 9.65. The van der Waals surface area contributed by atoms with Crippen molar-refractivity contribution in [2.75, 3.05) is 0 Å². The first kappa shape index (κ1) is 14.0. The van der Waals surface area contributed by atoms with E-state index in [9.17, 15) is 4.79 Å². The van der Waals surface area contributed by atoms with Gasteiger partial charge in [-0.05, 0) is 43.5 Å². The van der Waals surface area contributed by atoms with Crippen molar-refractivity contribution in [3.63, 3.8) is 0 Å². The van der Waals surface area contributed by atoms with Crippen LogP contribution in [0.2, 0.25) is 0 Å². The molecule has 3 heterocycles. The lowest BCUT2D eigenvalue weighted by Gasteiger charge is -2.06. The van der Waals surface area contributed by atoms with E-state index in [2.05, 4.69) is 15.1 Å². The molecular weight excluding hydrogens is 312 g/mol. The Balaban J connectivity index is 1.80. The molecule has 1 aromatic carbocycles. The van der Waals surface area contributed by atoms with Gasteiger partial charge in [0.1, 0.15) is 0 Å². The third-order valence-electron chi connectivity index (χ3n) is 3.65. The Labute approximate surface area is 135 Å².